The van der Waals surface area contributed by atoms with Crippen molar-refractivity contribution in [3.05, 3.63) is 81.9 Å². The van der Waals surface area contributed by atoms with Crippen molar-refractivity contribution < 1.29 is 9.59 Å². The number of rotatable bonds is 6. The van der Waals surface area contributed by atoms with Gasteiger partial charge in [-0.2, -0.15) is 0 Å². The normalized spacial score (nSPS) is 14.7. The molecule has 7 heteroatoms. The van der Waals surface area contributed by atoms with Crippen LogP contribution in [0.2, 0.25) is 0 Å². The van der Waals surface area contributed by atoms with Gasteiger partial charge in [-0.15, -0.1) is 0 Å². The van der Waals surface area contributed by atoms with E-state index in [0.717, 1.165) is 34.9 Å². The molecule has 0 saturated carbocycles. The minimum absolute atomic E-state index is 0.0224. The summed E-state index contributed by atoms with van der Waals surface area (Å²) in [5.41, 5.74) is 4.54. The van der Waals surface area contributed by atoms with Crippen LogP contribution in [0, 0.1) is 13.8 Å². The fourth-order valence-corrected chi connectivity index (χ4v) is 5.18. The van der Waals surface area contributed by atoms with Crippen molar-refractivity contribution >= 4 is 28.3 Å². The van der Waals surface area contributed by atoms with Gasteiger partial charge in [0.05, 0.1) is 18.7 Å². The first-order valence-corrected chi connectivity index (χ1v) is 12.5. The lowest BCUT2D eigenvalue weighted by Gasteiger charge is -2.34. The monoisotopic (exact) mass is 476 g/mol. The zero-order valence-corrected chi connectivity index (χ0v) is 21.1. The van der Waals surface area contributed by atoms with Gasteiger partial charge in [0, 0.05) is 33.2 Å². The molecule has 0 spiro atoms. The molecule has 1 saturated heterocycles. The summed E-state index contributed by atoms with van der Waals surface area (Å²) in [6.07, 6.45) is 2.12. The Morgan fingerprint density at radius 3 is 2.47 bits per heavy atom. The molecule has 2 aromatic carbocycles. The maximum absolute atomic E-state index is 13.0. The summed E-state index contributed by atoms with van der Waals surface area (Å²) in [7, 11) is 1.83. The number of thiazole rings is 1. The zero-order valence-electron chi connectivity index (χ0n) is 20.3. The molecule has 34 heavy (non-hydrogen) atoms. The molecular formula is C27H32N4O2S. The summed E-state index contributed by atoms with van der Waals surface area (Å²) in [4.78, 5) is 36.9. The third-order valence-corrected chi connectivity index (χ3v) is 7.68. The summed E-state index contributed by atoms with van der Waals surface area (Å²) in [6.45, 7) is 8.91. The quantitative estimate of drug-likeness (QED) is 0.526. The Labute approximate surface area is 205 Å². The molecule has 3 aromatic rings. The van der Waals surface area contributed by atoms with Crippen molar-refractivity contribution in [1.82, 2.24) is 14.8 Å². The smallest absolute Gasteiger partial charge is 0.265 e. The molecule has 0 unspecified atom stereocenters. The van der Waals surface area contributed by atoms with Gasteiger partial charge in [0.25, 0.3) is 5.91 Å². The highest BCUT2D eigenvalue weighted by Crippen LogP contribution is 2.27. The predicted molar refractivity (Wildman–Crippen MR) is 137 cm³/mol. The molecule has 2 heterocycles. The van der Waals surface area contributed by atoms with Gasteiger partial charge in [-0.05, 0) is 37.5 Å². The number of nitrogens with zero attached hydrogens (tertiary/aromatic N) is 4. The Morgan fingerprint density at radius 1 is 1.06 bits per heavy atom. The lowest BCUT2D eigenvalue weighted by Crippen LogP contribution is -2.49. The second-order valence-electron chi connectivity index (χ2n) is 8.98. The molecule has 178 valence electrons. The maximum Gasteiger partial charge on any atom is 0.265 e. The SMILES string of the molecule is Cc1ccc(C)c(CC(=O)N2CCN(c3ncc(C(=O)N(C)[C@H](C)c4ccccc4)s3)CC2)c1. The van der Waals surface area contributed by atoms with Crippen LogP contribution in [0.25, 0.3) is 0 Å². The summed E-state index contributed by atoms with van der Waals surface area (Å²) in [5, 5.41) is 0.839. The molecule has 1 aromatic heterocycles. The fraction of sp³-hybridized carbons (Fsp3) is 0.370. The number of amides is 2. The Kier molecular flexibility index (Phi) is 7.32. The lowest BCUT2D eigenvalue weighted by molar-refractivity contribution is -0.130. The van der Waals surface area contributed by atoms with Crippen LogP contribution in [0.1, 0.15) is 44.9 Å². The molecule has 4 rings (SSSR count). The number of hydrogen-bond acceptors (Lipinski definition) is 5. The van der Waals surface area contributed by atoms with Crippen molar-refractivity contribution in [2.75, 3.05) is 38.1 Å². The van der Waals surface area contributed by atoms with Gasteiger partial charge in [-0.1, -0.05) is 65.4 Å². The number of aromatic nitrogens is 1. The van der Waals surface area contributed by atoms with Gasteiger partial charge in [-0.3, -0.25) is 9.59 Å². The van der Waals surface area contributed by atoms with Crippen LogP contribution in [0.5, 0.6) is 0 Å². The summed E-state index contributed by atoms with van der Waals surface area (Å²) < 4.78 is 0. The van der Waals surface area contributed by atoms with E-state index >= 15 is 0 Å². The van der Waals surface area contributed by atoms with Gasteiger partial charge in [-0.25, -0.2) is 4.98 Å². The lowest BCUT2D eigenvalue weighted by atomic mass is 10.0. The van der Waals surface area contributed by atoms with Gasteiger partial charge >= 0.3 is 0 Å². The van der Waals surface area contributed by atoms with E-state index in [4.69, 9.17) is 0 Å². The Balaban J connectivity index is 1.34. The van der Waals surface area contributed by atoms with Crippen LogP contribution in [0.4, 0.5) is 5.13 Å². The first-order chi connectivity index (χ1) is 16.3. The van der Waals surface area contributed by atoms with Crippen LogP contribution in [0.3, 0.4) is 0 Å². The van der Waals surface area contributed by atoms with E-state index in [2.05, 4.69) is 41.9 Å². The molecule has 2 amide bonds. The third kappa shape index (κ3) is 5.30. The van der Waals surface area contributed by atoms with Gasteiger partial charge < -0.3 is 14.7 Å². The Morgan fingerprint density at radius 2 is 1.76 bits per heavy atom. The highest BCUT2D eigenvalue weighted by atomic mass is 32.1. The summed E-state index contributed by atoms with van der Waals surface area (Å²) >= 11 is 1.42. The van der Waals surface area contributed by atoms with E-state index in [1.54, 1.807) is 11.1 Å². The van der Waals surface area contributed by atoms with Crippen LogP contribution < -0.4 is 4.90 Å². The Hall–Kier alpha value is -3.19. The number of anilines is 1. The molecule has 1 fully saturated rings. The fourth-order valence-electron chi connectivity index (χ4n) is 4.23. The molecule has 6 nitrogen and oxygen atoms in total. The highest BCUT2D eigenvalue weighted by Gasteiger charge is 2.26. The number of hydrogen-bond donors (Lipinski definition) is 0. The van der Waals surface area contributed by atoms with E-state index in [1.165, 1.54) is 16.9 Å². The highest BCUT2D eigenvalue weighted by molar-refractivity contribution is 7.17. The first-order valence-electron chi connectivity index (χ1n) is 11.7. The van der Waals surface area contributed by atoms with Crippen LogP contribution in [-0.2, 0) is 11.2 Å². The number of benzene rings is 2. The number of aryl methyl sites for hydroxylation is 2. The average Bonchev–Trinajstić information content (AvgIpc) is 3.36. The third-order valence-electron chi connectivity index (χ3n) is 6.64. The van der Waals surface area contributed by atoms with E-state index in [0.29, 0.717) is 24.4 Å². The number of piperazine rings is 1. The van der Waals surface area contributed by atoms with Crippen molar-refractivity contribution in [2.45, 2.75) is 33.2 Å². The molecular weight excluding hydrogens is 444 g/mol. The topological polar surface area (TPSA) is 56.8 Å². The van der Waals surface area contributed by atoms with E-state index in [9.17, 15) is 9.59 Å². The van der Waals surface area contributed by atoms with Crippen LogP contribution >= 0.6 is 11.3 Å². The molecule has 1 aliphatic rings. The second kappa shape index (κ2) is 10.4. The molecule has 1 atom stereocenters. The standard InChI is InChI=1S/C27H32N4O2S/c1-19-10-11-20(2)23(16-19)17-25(32)30-12-14-31(15-13-30)27-28-18-24(34-27)26(33)29(4)21(3)22-8-6-5-7-9-22/h5-11,16,18,21H,12-15,17H2,1-4H3/t21-/m1/s1. The van der Waals surface area contributed by atoms with Crippen molar-refractivity contribution in [3.63, 3.8) is 0 Å². The van der Waals surface area contributed by atoms with E-state index < -0.39 is 0 Å². The molecule has 0 N–H and O–H groups in total. The minimum atomic E-state index is -0.0255. The largest absolute Gasteiger partial charge is 0.345 e. The minimum Gasteiger partial charge on any atom is -0.345 e. The molecule has 1 aliphatic heterocycles. The van der Waals surface area contributed by atoms with Gasteiger partial charge in [0.1, 0.15) is 4.88 Å². The van der Waals surface area contributed by atoms with Gasteiger partial charge in [0.2, 0.25) is 5.91 Å². The van der Waals surface area contributed by atoms with Crippen molar-refractivity contribution in [3.8, 4) is 0 Å². The average molecular weight is 477 g/mol. The summed E-state index contributed by atoms with van der Waals surface area (Å²) in [5.74, 6) is 0.141. The van der Waals surface area contributed by atoms with Crippen molar-refractivity contribution in [1.29, 1.82) is 0 Å². The van der Waals surface area contributed by atoms with Crippen molar-refractivity contribution in [2.24, 2.45) is 0 Å². The number of carbonyl (C=O) groups is 2. The molecule has 0 radical (unpaired) electrons. The maximum atomic E-state index is 13.0. The molecule has 0 aliphatic carbocycles. The predicted octanol–water partition coefficient (Wildman–Crippen LogP) is 4.48. The van der Waals surface area contributed by atoms with Gasteiger partial charge in [0.15, 0.2) is 5.13 Å². The summed E-state index contributed by atoms with van der Waals surface area (Å²) in [6, 6.07) is 16.3. The second-order valence-corrected chi connectivity index (χ2v) is 9.99. The first kappa shape index (κ1) is 24.0. The number of carbonyl (C=O) groups excluding carboxylic acids is 2. The Bertz CT molecular complexity index is 1150. The van der Waals surface area contributed by atoms with E-state index in [-0.39, 0.29) is 17.9 Å². The van der Waals surface area contributed by atoms with Crippen LogP contribution in [-0.4, -0.2) is 59.8 Å². The zero-order chi connectivity index (χ0) is 24.2. The van der Waals surface area contributed by atoms with Crippen LogP contribution in [0.15, 0.2) is 54.7 Å². The molecule has 0 bridgehead atoms. The van der Waals surface area contributed by atoms with E-state index in [1.807, 2.05) is 49.2 Å².